The average molecular weight is 299 g/mol. The van der Waals surface area contributed by atoms with E-state index in [1.807, 2.05) is 6.92 Å². The van der Waals surface area contributed by atoms with Crippen molar-refractivity contribution in [3.05, 3.63) is 23.2 Å². The number of likely N-dealkylation sites (tertiary alicyclic amines) is 1. The van der Waals surface area contributed by atoms with E-state index in [0.717, 1.165) is 30.7 Å². The molecule has 1 N–H and O–H groups in total. The Kier molecular flexibility index (Phi) is 5.92. The summed E-state index contributed by atoms with van der Waals surface area (Å²) in [5, 5.41) is 2.89. The van der Waals surface area contributed by atoms with Crippen molar-refractivity contribution in [2.24, 2.45) is 0 Å². The molecule has 2 heterocycles. The summed E-state index contributed by atoms with van der Waals surface area (Å²) in [4.78, 5) is 14.4. The highest BCUT2D eigenvalue weighted by Crippen LogP contribution is 2.16. The van der Waals surface area contributed by atoms with Crippen LogP contribution in [0.1, 0.15) is 47.6 Å². The molecule has 1 aliphatic heterocycles. The molecule has 1 amide bonds. The Hall–Kier alpha value is -1.00. The third-order valence-corrected chi connectivity index (χ3v) is 4.06. The lowest BCUT2D eigenvalue weighted by molar-refractivity contribution is 0.0923. The van der Waals surface area contributed by atoms with E-state index in [4.69, 9.17) is 16.0 Å². The molecule has 0 atom stereocenters. The minimum Gasteiger partial charge on any atom is -0.456 e. The van der Waals surface area contributed by atoms with Gasteiger partial charge in [-0.3, -0.25) is 4.79 Å². The van der Waals surface area contributed by atoms with E-state index in [1.54, 1.807) is 6.07 Å². The number of unbranched alkanes of at least 4 members (excludes halogenated alkanes) is 1. The molecule has 1 fully saturated rings. The number of aryl methyl sites for hydroxylation is 1. The smallest absolute Gasteiger partial charge is 0.287 e. The van der Waals surface area contributed by atoms with E-state index >= 15 is 0 Å². The van der Waals surface area contributed by atoms with E-state index in [9.17, 15) is 4.79 Å². The Morgan fingerprint density at radius 2 is 2.15 bits per heavy atom. The van der Waals surface area contributed by atoms with Crippen molar-refractivity contribution in [3.63, 3.8) is 0 Å². The van der Waals surface area contributed by atoms with Crippen LogP contribution < -0.4 is 5.32 Å². The van der Waals surface area contributed by atoms with Gasteiger partial charge in [0, 0.05) is 12.1 Å². The van der Waals surface area contributed by atoms with Crippen LogP contribution in [0.5, 0.6) is 0 Å². The van der Waals surface area contributed by atoms with Crippen LogP contribution in [0, 0.1) is 6.92 Å². The van der Waals surface area contributed by atoms with Crippen LogP contribution in [0.4, 0.5) is 0 Å². The van der Waals surface area contributed by atoms with Crippen molar-refractivity contribution in [2.45, 2.75) is 38.5 Å². The second kappa shape index (κ2) is 7.70. The van der Waals surface area contributed by atoms with Gasteiger partial charge in [-0.2, -0.15) is 0 Å². The number of rotatable bonds is 7. The Bertz CT molecular complexity index is 439. The molecule has 2 rings (SSSR count). The Morgan fingerprint density at radius 3 is 2.80 bits per heavy atom. The van der Waals surface area contributed by atoms with Crippen LogP contribution >= 0.6 is 11.6 Å². The van der Waals surface area contributed by atoms with Crippen molar-refractivity contribution in [2.75, 3.05) is 26.2 Å². The first-order valence-corrected chi connectivity index (χ1v) is 7.90. The minimum absolute atomic E-state index is 0.148. The number of amides is 1. The number of alkyl halides is 1. The van der Waals surface area contributed by atoms with E-state index in [1.165, 1.54) is 25.9 Å². The predicted molar refractivity (Wildman–Crippen MR) is 80.2 cm³/mol. The van der Waals surface area contributed by atoms with Crippen LogP contribution in [-0.4, -0.2) is 37.0 Å². The fourth-order valence-electron chi connectivity index (χ4n) is 2.52. The average Bonchev–Trinajstić information content (AvgIpc) is 3.07. The largest absolute Gasteiger partial charge is 0.456 e. The van der Waals surface area contributed by atoms with Crippen molar-refractivity contribution >= 4 is 17.5 Å². The minimum atomic E-state index is -0.148. The number of hydrogen-bond donors (Lipinski definition) is 1. The standard InChI is InChI=1S/C15H23ClN2O2/c1-12-13(11-16)10-14(20-12)15(19)17-6-2-3-7-18-8-4-5-9-18/h10H,2-9,11H2,1H3,(H,17,19). The molecular weight excluding hydrogens is 276 g/mol. The van der Waals surface area contributed by atoms with Gasteiger partial charge in [0.05, 0.1) is 5.88 Å². The van der Waals surface area contributed by atoms with Crippen LogP contribution in [0.25, 0.3) is 0 Å². The lowest BCUT2D eigenvalue weighted by atomic mass is 10.2. The zero-order valence-electron chi connectivity index (χ0n) is 12.1. The zero-order chi connectivity index (χ0) is 14.4. The summed E-state index contributed by atoms with van der Waals surface area (Å²) in [6.45, 7) is 6.14. The summed E-state index contributed by atoms with van der Waals surface area (Å²) in [6.07, 6.45) is 4.80. The molecule has 0 spiro atoms. The van der Waals surface area contributed by atoms with Crippen LogP contribution in [0.2, 0.25) is 0 Å². The monoisotopic (exact) mass is 298 g/mol. The summed E-state index contributed by atoms with van der Waals surface area (Å²) >= 11 is 5.76. The third-order valence-electron chi connectivity index (χ3n) is 3.77. The molecule has 112 valence electrons. The highest BCUT2D eigenvalue weighted by molar-refractivity contribution is 6.17. The Balaban J connectivity index is 1.64. The van der Waals surface area contributed by atoms with Gasteiger partial charge in [-0.1, -0.05) is 0 Å². The van der Waals surface area contributed by atoms with Crippen LogP contribution in [0.3, 0.4) is 0 Å². The summed E-state index contributed by atoms with van der Waals surface area (Å²) < 4.78 is 5.40. The van der Waals surface area contributed by atoms with Gasteiger partial charge in [-0.25, -0.2) is 0 Å². The Labute approximate surface area is 125 Å². The second-order valence-corrected chi connectivity index (χ2v) is 5.60. The molecule has 0 aromatic carbocycles. The van der Waals surface area contributed by atoms with Gasteiger partial charge in [0.1, 0.15) is 5.76 Å². The van der Waals surface area contributed by atoms with E-state index in [-0.39, 0.29) is 5.91 Å². The fraction of sp³-hybridized carbons (Fsp3) is 0.667. The number of nitrogens with one attached hydrogen (secondary N) is 1. The zero-order valence-corrected chi connectivity index (χ0v) is 12.8. The number of halogens is 1. The van der Waals surface area contributed by atoms with E-state index in [0.29, 0.717) is 18.2 Å². The molecule has 20 heavy (non-hydrogen) atoms. The first kappa shape index (κ1) is 15.4. The van der Waals surface area contributed by atoms with Gasteiger partial charge < -0.3 is 14.6 Å². The maximum atomic E-state index is 11.9. The molecule has 0 unspecified atom stereocenters. The molecule has 1 saturated heterocycles. The van der Waals surface area contributed by atoms with Crippen molar-refractivity contribution in [3.8, 4) is 0 Å². The first-order valence-electron chi connectivity index (χ1n) is 7.36. The quantitative estimate of drug-likeness (QED) is 0.622. The lowest BCUT2D eigenvalue weighted by Crippen LogP contribution is -2.25. The highest BCUT2D eigenvalue weighted by atomic mass is 35.5. The molecular formula is C15H23ClN2O2. The number of carbonyl (C=O) groups excluding carboxylic acids is 1. The van der Waals surface area contributed by atoms with Gasteiger partial charge in [0.25, 0.3) is 5.91 Å². The molecule has 1 aliphatic rings. The van der Waals surface area contributed by atoms with E-state index < -0.39 is 0 Å². The summed E-state index contributed by atoms with van der Waals surface area (Å²) in [5.74, 6) is 1.31. The van der Waals surface area contributed by atoms with E-state index in [2.05, 4.69) is 10.2 Å². The predicted octanol–water partition coefficient (Wildman–Crippen LogP) is 2.93. The SMILES string of the molecule is Cc1oc(C(=O)NCCCCN2CCCC2)cc1CCl. The highest BCUT2D eigenvalue weighted by Gasteiger charge is 2.14. The maximum Gasteiger partial charge on any atom is 0.287 e. The number of nitrogens with zero attached hydrogens (tertiary/aromatic N) is 1. The van der Waals surface area contributed by atoms with Crippen molar-refractivity contribution < 1.29 is 9.21 Å². The third kappa shape index (κ3) is 4.25. The molecule has 0 aliphatic carbocycles. The van der Waals surface area contributed by atoms with Crippen LogP contribution in [-0.2, 0) is 5.88 Å². The molecule has 0 bridgehead atoms. The second-order valence-electron chi connectivity index (χ2n) is 5.34. The first-order chi connectivity index (χ1) is 9.70. The molecule has 1 aromatic rings. The summed E-state index contributed by atoms with van der Waals surface area (Å²) in [7, 11) is 0. The summed E-state index contributed by atoms with van der Waals surface area (Å²) in [6, 6.07) is 1.72. The fourth-order valence-corrected chi connectivity index (χ4v) is 2.79. The molecule has 5 heteroatoms. The lowest BCUT2D eigenvalue weighted by Gasteiger charge is -2.13. The van der Waals surface area contributed by atoms with Gasteiger partial charge >= 0.3 is 0 Å². The summed E-state index contributed by atoms with van der Waals surface area (Å²) in [5.41, 5.74) is 0.880. The normalized spacial score (nSPS) is 15.7. The van der Waals surface area contributed by atoms with Gasteiger partial charge in [-0.05, 0) is 58.3 Å². The Morgan fingerprint density at radius 1 is 1.40 bits per heavy atom. The number of furan rings is 1. The number of hydrogen-bond acceptors (Lipinski definition) is 3. The molecule has 4 nitrogen and oxygen atoms in total. The van der Waals surface area contributed by atoms with Crippen molar-refractivity contribution in [1.29, 1.82) is 0 Å². The maximum absolute atomic E-state index is 11.9. The molecule has 1 aromatic heterocycles. The topological polar surface area (TPSA) is 45.5 Å². The van der Waals surface area contributed by atoms with Gasteiger partial charge in [0.15, 0.2) is 5.76 Å². The molecule has 0 radical (unpaired) electrons. The molecule has 0 saturated carbocycles. The van der Waals surface area contributed by atoms with Crippen LogP contribution in [0.15, 0.2) is 10.5 Å². The number of carbonyl (C=O) groups is 1. The van der Waals surface area contributed by atoms with Gasteiger partial charge in [0.2, 0.25) is 0 Å². The van der Waals surface area contributed by atoms with Crippen molar-refractivity contribution in [1.82, 2.24) is 10.2 Å². The van der Waals surface area contributed by atoms with Gasteiger partial charge in [-0.15, -0.1) is 11.6 Å².